The van der Waals surface area contributed by atoms with Gasteiger partial charge >= 0.3 is 11.4 Å². The Kier molecular flexibility index (Phi) is 9.22. The highest BCUT2D eigenvalue weighted by Crippen LogP contribution is 2.41. The third kappa shape index (κ3) is 8.00. The smallest absolute Gasteiger partial charge is 0.391 e. The lowest BCUT2D eigenvalue weighted by atomic mass is 10.3. The summed E-state index contributed by atoms with van der Waals surface area (Å²) in [4.78, 5) is 0. The van der Waals surface area contributed by atoms with Gasteiger partial charge in [0.05, 0.1) is 33.4 Å². The van der Waals surface area contributed by atoms with E-state index in [1.807, 2.05) is 0 Å². The Morgan fingerprint density at radius 2 is 1.54 bits per heavy atom. The number of hydrogen-bond acceptors (Lipinski definition) is 6. The summed E-state index contributed by atoms with van der Waals surface area (Å²) in [5.74, 6) is -1.46. The molecule has 3 N–H and O–H groups in total. The van der Waals surface area contributed by atoms with Gasteiger partial charge in [0.1, 0.15) is 12.3 Å². The van der Waals surface area contributed by atoms with E-state index in [0.717, 1.165) is 0 Å². The second-order valence-electron chi connectivity index (χ2n) is 6.74. The molecule has 0 aliphatic heterocycles. The predicted octanol–water partition coefficient (Wildman–Crippen LogP) is -0.519. The van der Waals surface area contributed by atoms with Gasteiger partial charge in [-0.25, -0.2) is 8.42 Å². The minimum atomic E-state index is -6.44. The van der Waals surface area contributed by atoms with E-state index in [1.54, 1.807) is 14.1 Å². The number of aliphatic hydroxyl groups excluding tert-OH is 2. The first-order valence-electron chi connectivity index (χ1n) is 7.77. The average molecular weight is 467 g/mol. The van der Waals surface area contributed by atoms with Gasteiger partial charge in [-0.1, -0.05) is 0 Å². The Labute approximate surface area is 159 Å². The molecule has 28 heavy (non-hydrogen) atoms. The normalized spacial score (nSPS) is 15.8. The zero-order valence-corrected chi connectivity index (χ0v) is 16.7. The Bertz CT molecular complexity index is 710. The van der Waals surface area contributed by atoms with Gasteiger partial charge in [0, 0.05) is 19.5 Å². The first kappa shape index (κ1) is 27.4. The van der Waals surface area contributed by atoms with Gasteiger partial charge < -0.3 is 14.7 Å². The van der Waals surface area contributed by atoms with Gasteiger partial charge in [-0.15, -0.1) is 0 Å². The second-order valence-corrected chi connectivity index (χ2v) is 10.2. The molecule has 0 aliphatic carbocycles. The van der Waals surface area contributed by atoms with Crippen LogP contribution in [0.5, 0.6) is 0 Å². The number of quaternary nitrogens is 1. The fourth-order valence-electron chi connectivity index (χ4n) is 2.21. The SMILES string of the molecule is C[N+](C)(CCO)CCCN(CC(O)CS(=O)(=O)O)S(=O)(=O)C(F)(F)C(F)(F)F. The molecule has 0 aliphatic rings. The van der Waals surface area contributed by atoms with Crippen LogP contribution in [0.1, 0.15) is 6.42 Å². The van der Waals surface area contributed by atoms with E-state index in [-0.39, 0.29) is 34.9 Å². The first-order chi connectivity index (χ1) is 12.3. The van der Waals surface area contributed by atoms with E-state index in [0.29, 0.717) is 0 Å². The molecule has 0 saturated heterocycles. The van der Waals surface area contributed by atoms with Crippen LogP contribution >= 0.6 is 0 Å². The Morgan fingerprint density at radius 3 is 1.93 bits per heavy atom. The summed E-state index contributed by atoms with van der Waals surface area (Å²) in [5, 5.41) is 12.3. The number of rotatable bonds is 12. The third-order valence-corrected chi connectivity index (χ3v) is 6.38. The summed E-state index contributed by atoms with van der Waals surface area (Å²) in [6, 6.07) is 0. The predicted molar refractivity (Wildman–Crippen MR) is 87.5 cm³/mol. The van der Waals surface area contributed by atoms with E-state index in [1.165, 1.54) is 0 Å². The molecule has 0 rings (SSSR count). The van der Waals surface area contributed by atoms with Crippen LogP contribution in [0.2, 0.25) is 0 Å². The van der Waals surface area contributed by atoms with Crippen LogP contribution in [0.3, 0.4) is 0 Å². The van der Waals surface area contributed by atoms with Crippen molar-refractivity contribution in [2.45, 2.75) is 24.0 Å². The zero-order valence-electron chi connectivity index (χ0n) is 15.1. The van der Waals surface area contributed by atoms with Crippen molar-refractivity contribution in [1.82, 2.24) is 4.31 Å². The van der Waals surface area contributed by atoms with Crippen molar-refractivity contribution < 1.29 is 58.0 Å². The van der Waals surface area contributed by atoms with Crippen LogP contribution in [-0.2, 0) is 20.1 Å². The average Bonchev–Trinajstić information content (AvgIpc) is 2.42. The van der Waals surface area contributed by atoms with Gasteiger partial charge in [0.15, 0.2) is 0 Å². The number of sulfonamides is 1. The van der Waals surface area contributed by atoms with Crippen molar-refractivity contribution in [1.29, 1.82) is 0 Å². The molecule has 0 heterocycles. The Hall–Kier alpha value is -0.650. The van der Waals surface area contributed by atoms with Gasteiger partial charge in [-0.3, -0.25) is 4.55 Å². The van der Waals surface area contributed by atoms with Crippen LogP contribution in [0.15, 0.2) is 0 Å². The maximum absolute atomic E-state index is 13.5. The number of aliphatic hydroxyl groups is 2. The van der Waals surface area contributed by atoms with Crippen LogP contribution in [0.4, 0.5) is 22.0 Å². The molecule has 16 heteroatoms. The summed E-state index contributed by atoms with van der Waals surface area (Å²) in [6.45, 7) is -2.28. The highest BCUT2D eigenvalue weighted by atomic mass is 32.2. The second kappa shape index (κ2) is 9.44. The van der Waals surface area contributed by atoms with Gasteiger partial charge in [-0.05, 0) is 0 Å². The number of alkyl halides is 5. The zero-order chi connectivity index (χ0) is 22.6. The minimum absolute atomic E-state index is 0.0680. The van der Waals surface area contributed by atoms with E-state index < -0.39 is 56.5 Å². The number of halogens is 5. The first-order valence-corrected chi connectivity index (χ1v) is 10.8. The van der Waals surface area contributed by atoms with Crippen molar-refractivity contribution >= 4 is 20.1 Å². The molecular weight excluding hydrogens is 443 g/mol. The maximum Gasteiger partial charge on any atom is 0.470 e. The number of nitrogens with zero attached hydrogens (tertiary/aromatic N) is 2. The topological polar surface area (TPSA) is 132 Å². The van der Waals surface area contributed by atoms with Crippen molar-refractivity contribution in [3.63, 3.8) is 0 Å². The summed E-state index contributed by atoms with van der Waals surface area (Å²) in [5.41, 5.74) is 0. The van der Waals surface area contributed by atoms with Crippen LogP contribution < -0.4 is 0 Å². The fourth-order valence-corrected chi connectivity index (χ4v) is 4.15. The monoisotopic (exact) mass is 467 g/mol. The summed E-state index contributed by atoms with van der Waals surface area (Å²) in [6.07, 6.45) is -8.92. The number of hydrogen-bond donors (Lipinski definition) is 3. The fraction of sp³-hybridized carbons (Fsp3) is 1.00. The molecule has 9 nitrogen and oxygen atoms in total. The number of likely N-dealkylation sites (N-methyl/N-ethyl adjacent to an activating group) is 1. The molecule has 0 spiro atoms. The molecular formula is C12H24F5N2O7S2+. The van der Waals surface area contributed by atoms with Gasteiger partial charge in [-0.2, -0.15) is 34.7 Å². The third-order valence-electron chi connectivity index (χ3n) is 3.69. The van der Waals surface area contributed by atoms with Crippen molar-refractivity contribution in [3.05, 3.63) is 0 Å². The molecule has 1 unspecified atom stereocenters. The molecule has 0 aromatic carbocycles. The largest absolute Gasteiger partial charge is 0.470 e. The lowest BCUT2D eigenvalue weighted by Crippen LogP contribution is -2.54. The standard InChI is InChI=1S/C12H23F5N2O7S2/c1-19(2,6-7-20)5-3-4-18(8-10(21)9-27(22,23)24)28(25,26)12(16,17)11(13,14)15/h10,20-21H,3-9H2,1-2H3/p+1. The molecule has 0 amide bonds. The summed E-state index contributed by atoms with van der Waals surface area (Å²) < 4.78 is 118. The highest BCUT2D eigenvalue weighted by molar-refractivity contribution is 7.90. The molecule has 0 saturated carbocycles. The van der Waals surface area contributed by atoms with E-state index in [9.17, 15) is 43.9 Å². The van der Waals surface area contributed by atoms with Crippen LogP contribution in [0, 0.1) is 0 Å². The molecule has 0 aromatic heterocycles. The summed E-state index contributed by atoms with van der Waals surface area (Å²) >= 11 is 0. The Morgan fingerprint density at radius 1 is 1.04 bits per heavy atom. The lowest BCUT2D eigenvalue weighted by Gasteiger charge is -2.32. The minimum Gasteiger partial charge on any atom is -0.391 e. The molecule has 1 atom stereocenters. The van der Waals surface area contributed by atoms with E-state index in [2.05, 4.69) is 0 Å². The van der Waals surface area contributed by atoms with Gasteiger partial charge in [0.25, 0.3) is 20.1 Å². The molecule has 170 valence electrons. The summed E-state index contributed by atoms with van der Waals surface area (Å²) in [7, 11) is -8.02. The maximum atomic E-state index is 13.5. The lowest BCUT2D eigenvalue weighted by molar-refractivity contribution is -0.890. The van der Waals surface area contributed by atoms with Crippen molar-refractivity contribution in [2.24, 2.45) is 0 Å². The Balaban J connectivity index is 5.62. The van der Waals surface area contributed by atoms with Crippen LogP contribution in [0.25, 0.3) is 0 Å². The molecule has 0 fully saturated rings. The molecule has 0 radical (unpaired) electrons. The van der Waals surface area contributed by atoms with Crippen molar-refractivity contribution in [2.75, 3.05) is 52.6 Å². The quantitative estimate of drug-likeness (QED) is 0.200. The van der Waals surface area contributed by atoms with Gasteiger partial charge in [0.2, 0.25) is 0 Å². The highest BCUT2D eigenvalue weighted by Gasteiger charge is 2.68. The van der Waals surface area contributed by atoms with Crippen LogP contribution in [-0.4, -0.2) is 111 Å². The molecule has 0 aromatic rings. The van der Waals surface area contributed by atoms with E-state index in [4.69, 9.17) is 9.66 Å². The molecule has 0 bridgehead atoms. The van der Waals surface area contributed by atoms with Crippen molar-refractivity contribution in [3.8, 4) is 0 Å². The van der Waals surface area contributed by atoms with E-state index >= 15 is 0 Å².